The summed E-state index contributed by atoms with van der Waals surface area (Å²) < 4.78 is 25.8. The molecule has 120 valence electrons. The molecule has 0 spiro atoms. The molecule has 0 saturated heterocycles. The fourth-order valence-electron chi connectivity index (χ4n) is 1.94. The fourth-order valence-corrected chi connectivity index (χ4v) is 2.41. The van der Waals surface area contributed by atoms with Gasteiger partial charge >= 0.3 is 0 Å². The second kappa shape index (κ2) is 7.51. The minimum Gasteiger partial charge on any atom is -0.346 e. The molecule has 0 aliphatic rings. The average molecular weight is 317 g/mol. The maximum Gasteiger partial charge on any atom is 0.221 e. The number of sulfonamides is 1. The third-order valence-electron chi connectivity index (χ3n) is 2.82. The lowest BCUT2D eigenvalue weighted by Crippen LogP contribution is -2.34. The Hall–Kier alpha value is -1.48. The summed E-state index contributed by atoms with van der Waals surface area (Å²) in [5, 5.41) is 6.89. The minimum atomic E-state index is -3.27. The molecule has 1 amide bonds. The van der Waals surface area contributed by atoms with Crippen molar-refractivity contribution in [3.63, 3.8) is 0 Å². The van der Waals surface area contributed by atoms with Crippen molar-refractivity contribution in [1.29, 1.82) is 0 Å². The molecule has 0 saturated carbocycles. The number of rotatable bonds is 8. The summed E-state index contributed by atoms with van der Waals surface area (Å²) in [7, 11) is -1.50. The molecule has 0 bridgehead atoms. The standard InChI is InChI=1S/C12H23N5O3S/c1-9(2)7-10(12-13-8-14-17(12)3)16-11(18)5-6-15-21(4,19)20/h8-10,15H,5-7H2,1-4H3,(H,16,18)/t10-/m0/s1. The van der Waals surface area contributed by atoms with Gasteiger partial charge in [0.25, 0.3) is 0 Å². The van der Waals surface area contributed by atoms with Gasteiger partial charge in [0.15, 0.2) is 0 Å². The van der Waals surface area contributed by atoms with Crippen LogP contribution in [-0.4, -0.2) is 41.9 Å². The Balaban J connectivity index is 2.61. The molecule has 9 heteroatoms. The van der Waals surface area contributed by atoms with E-state index in [1.807, 2.05) is 0 Å². The zero-order chi connectivity index (χ0) is 16.0. The van der Waals surface area contributed by atoms with E-state index >= 15 is 0 Å². The first-order valence-electron chi connectivity index (χ1n) is 6.77. The third kappa shape index (κ3) is 6.67. The number of carbonyl (C=O) groups is 1. The van der Waals surface area contributed by atoms with E-state index in [0.717, 1.165) is 12.7 Å². The van der Waals surface area contributed by atoms with Crippen molar-refractivity contribution < 1.29 is 13.2 Å². The van der Waals surface area contributed by atoms with Gasteiger partial charge < -0.3 is 5.32 Å². The fraction of sp³-hybridized carbons (Fsp3) is 0.750. The highest BCUT2D eigenvalue weighted by atomic mass is 32.2. The van der Waals surface area contributed by atoms with Gasteiger partial charge in [0.1, 0.15) is 12.2 Å². The summed E-state index contributed by atoms with van der Waals surface area (Å²) in [6.07, 6.45) is 3.32. The lowest BCUT2D eigenvalue weighted by Gasteiger charge is -2.19. The second-order valence-corrected chi connectivity index (χ2v) is 7.24. The Kier molecular flexibility index (Phi) is 6.28. The Morgan fingerprint density at radius 1 is 1.43 bits per heavy atom. The number of amides is 1. The minimum absolute atomic E-state index is 0.0812. The number of carbonyl (C=O) groups excluding carboxylic acids is 1. The van der Waals surface area contributed by atoms with Crippen LogP contribution in [0.3, 0.4) is 0 Å². The smallest absolute Gasteiger partial charge is 0.221 e. The topological polar surface area (TPSA) is 106 Å². The summed E-state index contributed by atoms with van der Waals surface area (Å²) in [4.78, 5) is 16.1. The molecule has 8 nitrogen and oxygen atoms in total. The first kappa shape index (κ1) is 17.6. The molecule has 1 aromatic heterocycles. The van der Waals surface area contributed by atoms with Gasteiger partial charge in [-0.1, -0.05) is 13.8 Å². The zero-order valence-electron chi connectivity index (χ0n) is 12.8. The van der Waals surface area contributed by atoms with Crippen molar-refractivity contribution in [2.45, 2.75) is 32.7 Å². The predicted molar refractivity (Wildman–Crippen MR) is 78.8 cm³/mol. The first-order chi connectivity index (χ1) is 9.69. The highest BCUT2D eigenvalue weighted by Crippen LogP contribution is 2.18. The van der Waals surface area contributed by atoms with Gasteiger partial charge in [-0.05, 0) is 12.3 Å². The largest absolute Gasteiger partial charge is 0.346 e. The molecule has 1 rings (SSSR count). The maximum atomic E-state index is 11.9. The molecule has 0 aromatic carbocycles. The van der Waals surface area contributed by atoms with Crippen LogP contribution in [-0.2, 0) is 21.9 Å². The van der Waals surface area contributed by atoms with E-state index in [0.29, 0.717) is 11.7 Å². The first-order valence-corrected chi connectivity index (χ1v) is 8.66. The summed E-state index contributed by atoms with van der Waals surface area (Å²) in [5.74, 6) is 0.842. The molecule has 0 unspecified atom stereocenters. The van der Waals surface area contributed by atoms with Crippen molar-refractivity contribution in [2.75, 3.05) is 12.8 Å². The van der Waals surface area contributed by atoms with Crippen molar-refractivity contribution in [2.24, 2.45) is 13.0 Å². The van der Waals surface area contributed by atoms with E-state index in [4.69, 9.17) is 0 Å². The summed E-state index contributed by atoms with van der Waals surface area (Å²) in [5.41, 5.74) is 0. The number of aromatic nitrogens is 3. The molecule has 2 N–H and O–H groups in total. The quantitative estimate of drug-likeness (QED) is 0.699. The zero-order valence-corrected chi connectivity index (χ0v) is 13.6. The summed E-state index contributed by atoms with van der Waals surface area (Å²) in [6, 6.07) is -0.233. The Morgan fingerprint density at radius 3 is 2.57 bits per heavy atom. The highest BCUT2D eigenvalue weighted by Gasteiger charge is 2.20. The predicted octanol–water partition coefficient (Wildman–Crippen LogP) is -0.0422. The van der Waals surface area contributed by atoms with E-state index in [1.54, 1.807) is 11.7 Å². The van der Waals surface area contributed by atoms with Crippen molar-refractivity contribution in [1.82, 2.24) is 24.8 Å². The van der Waals surface area contributed by atoms with Crippen LogP contribution in [0.4, 0.5) is 0 Å². The molecule has 0 aliphatic heterocycles. The van der Waals surface area contributed by atoms with Crippen LogP contribution in [0.5, 0.6) is 0 Å². The molecule has 1 atom stereocenters. The number of hydrogen-bond acceptors (Lipinski definition) is 5. The van der Waals surface area contributed by atoms with Crippen LogP contribution in [0.2, 0.25) is 0 Å². The van der Waals surface area contributed by atoms with Crippen LogP contribution >= 0.6 is 0 Å². The van der Waals surface area contributed by atoms with E-state index in [1.165, 1.54) is 6.33 Å². The van der Waals surface area contributed by atoms with E-state index in [2.05, 4.69) is 34.0 Å². The van der Waals surface area contributed by atoms with Gasteiger partial charge in [0, 0.05) is 20.0 Å². The SMILES string of the molecule is CC(C)C[C@H](NC(=O)CCNS(C)(=O)=O)c1ncnn1C. The van der Waals surface area contributed by atoms with E-state index in [9.17, 15) is 13.2 Å². The summed E-state index contributed by atoms with van der Waals surface area (Å²) in [6.45, 7) is 4.19. The van der Waals surface area contributed by atoms with Crippen molar-refractivity contribution in [3.8, 4) is 0 Å². The van der Waals surface area contributed by atoms with Gasteiger partial charge in [0.05, 0.1) is 12.3 Å². The molecular weight excluding hydrogens is 294 g/mol. The van der Waals surface area contributed by atoms with E-state index in [-0.39, 0.29) is 24.9 Å². The number of nitrogens with one attached hydrogen (secondary N) is 2. The van der Waals surface area contributed by atoms with Crippen LogP contribution in [0.15, 0.2) is 6.33 Å². The van der Waals surface area contributed by atoms with Crippen molar-refractivity contribution >= 4 is 15.9 Å². The number of nitrogens with zero attached hydrogens (tertiary/aromatic N) is 3. The molecule has 1 heterocycles. The lowest BCUT2D eigenvalue weighted by molar-refractivity contribution is -0.121. The number of hydrogen-bond donors (Lipinski definition) is 2. The van der Waals surface area contributed by atoms with Gasteiger partial charge in [-0.15, -0.1) is 0 Å². The molecule has 21 heavy (non-hydrogen) atoms. The normalized spacial score (nSPS) is 13.4. The van der Waals surface area contributed by atoms with Crippen LogP contribution in [0.1, 0.15) is 38.6 Å². The second-order valence-electron chi connectivity index (χ2n) is 5.41. The van der Waals surface area contributed by atoms with Gasteiger partial charge in [-0.3, -0.25) is 9.48 Å². The number of aryl methyl sites for hydroxylation is 1. The average Bonchev–Trinajstić information content (AvgIpc) is 2.72. The Bertz CT molecular complexity index is 567. The monoisotopic (exact) mass is 317 g/mol. The van der Waals surface area contributed by atoms with Gasteiger partial charge in [-0.2, -0.15) is 5.10 Å². The van der Waals surface area contributed by atoms with E-state index < -0.39 is 10.0 Å². The lowest BCUT2D eigenvalue weighted by atomic mass is 10.0. The highest BCUT2D eigenvalue weighted by molar-refractivity contribution is 7.88. The van der Waals surface area contributed by atoms with Crippen molar-refractivity contribution in [3.05, 3.63) is 12.2 Å². The maximum absolute atomic E-state index is 11.9. The molecule has 0 radical (unpaired) electrons. The molecular formula is C12H23N5O3S. The molecule has 0 aliphatic carbocycles. The van der Waals surface area contributed by atoms with Gasteiger partial charge in [0.2, 0.25) is 15.9 Å². The van der Waals surface area contributed by atoms with Crippen LogP contribution in [0.25, 0.3) is 0 Å². The Labute approximate surface area is 125 Å². The third-order valence-corrected chi connectivity index (χ3v) is 3.55. The van der Waals surface area contributed by atoms with Crippen LogP contribution < -0.4 is 10.0 Å². The van der Waals surface area contributed by atoms with Crippen LogP contribution in [0, 0.1) is 5.92 Å². The molecule has 1 aromatic rings. The summed E-state index contributed by atoms with van der Waals surface area (Å²) >= 11 is 0. The van der Waals surface area contributed by atoms with Gasteiger partial charge in [-0.25, -0.2) is 18.1 Å². The molecule has 0 fully saturated rings. The Morgan fingerprint density at radius 2 is 2.10 bits per heavy atom.